The number of ether oxygens (including phenoxy) is 2. The number of methoxy groups -OCH3 is 1. The van der Waals surface area contributed by atoms with Crippen molar-refractivity contribution in [2.45, 2.75) is 39.0 Å². The van der Waals surface area contributed by atoms with Crippen LogP contribution >= 0.6 is 0 Å². The van der Waals surface area contributed by atoms with Crippen LogP contribution in [0.2, 0.25) is 0 Å². The van der Waals surface area contributed by atoms with Crippen LogP contribution in [0.15, 0.2) is 41.3 Å². The first-order valence-corrected chi connectivity index (χ1v) is 11.2. The predicted molar refractivity (Wildman–Crippen MR) is 117 cm³/mol. The molecule has 2 aromatic carbocycles. The van der Waals surface area contributed by atoms with Gasteiger partial charge >= 0.3 is 0 Å². The fourth-order valence-electron chi connectivity index (χ4n) is 3.09. The number of anilines is 2. The molecule has 0 fully saturated rings. The van der Waals surface area contributed by atoms with E-state index in [2.05, 4.69) is 5.32 Å². The maximum absolute atomic E-state index is 13.7. The quantitative estimate of drug-likeness (QED) is 0.790. The number of carbonyl (C=O) groups excluding carboxylic acids is 1. The van der Waals surface area contributed by atoms with Gasteiger partial charge in [0.1, 0.15) is 16.4 Å². The second kappa shape index (κ2) is 8.18. The summed E-state index contributed by atoms with van der Waals surface area (Å²) in [6, 6.07) is 10.0. The Morgan fingerprint density at radius 2 is 1.90 bits per heavy atom. The largest absolute Gasteiger partial charge is 0.497 e. The van der Waals surface area contributed by atoms with Crippen molar-refractivity contribution < 1.29 is 22.7 Å². The Hall–Kier alpha value is -2.74. The molecule has 0 atom stereocenters. The fraction of sp³-hybridized carbons (Fsp3) is 0.409. The molecule has 1 amide bonds. The lowest BCUT2D eigenvalue weighted by Crippen LogP contribution is -2.33. The molecule has 1 N–H and O–H groups in total. The van der Waals surface area contributed by atoms with Gasteiger partial charge in [0.25, 0.3) is 10.0 Å². The summed E-state index contributed by atoms with van der Waals surface area (Å²) in [5.41, 5.74) is 0.921. The van der Waals surface area contributed by atoms with Crippen molar-refractivity contribution in [1.29, 1.82) is 0 Å². The normalized spacial score (nSPS) is 14.4. The molecule has 0 spiro atoms. The summed E-state index contributed by atoms with van der Waals surface area (Å²) < 4.78 is 39.8. The molecule has 0 saturated heterocycles. The fourth-order valence-corrected chi connectivity index (χ4v) is 4.73. The molecule has 162 valence electrons. The Labute approximate surface area is 178 Å². The van der Waals surface area contributed by atoms with Crippen LogP contribution in [-0.4, -0.2) is 34.6 Å². The summed E-state index contributed by atoms with van der Waals surface area (Å²) in [5.74, 6) is 0.687. The van der Waals surface area contributed by atoms with E-state index in [9.17, 15) is 13.2 Å². The molecule has 0 aliphatic carbocycles. The summed E-state index contributed by atoms with van der Waals surface area (Å²) in [4.78, 5) is 12.6. The van der Waals surface area contributed by atoms with Crippen LogP contribution in [0, 0.1) is 12.3 Å². The van der Waals surface area contributed by atoms with Crippen molar-refractivity contribution in [1.82, 2.24) is 0 Å². The van der Waals surface area contributed by atoms with Gasteiger partial charge in [0.05, 0.1) is 25.1 Å². The maximum atomic E-state index is 13.7. The zero-order valence-corrected chi connectivity index (χ0v) is 18.8. The van der Waals surface area contributed by atoms with Crippen molar-refractivity contribution >= 4 is 27.3 Å². The Bertz CT molecular complexity index is 1060. The molecule has 0 saturated carbocycles. The number of sulfonamides is 1. The van der Waals surface area contributed by atoms with Gasteiger partial charge in [-0.1, -0.05) is 26.8 Å². The van der Waals surface area contributed by atoms with Crippen LogP contribution in [0.5, 0.6) is 11.5 Å². The molecule has 7 nitrogen and oxygen atoms in total. The monoisotopic (exact) mass is 432 g/mol. The highest BCUT2D eigenvalue weighted by Crippen LogP contribution is 2.38. The minimum absolute atomic E-state index is 0.00950. The van der Waals surface area contributed by atoms with Crippen molar-refractivity contribution in [2.75, 3.05) is 29.9 Å². The topological polar surface area (TPSA) is 84.9 Å². The van der Waals surface area contributed by atoms with Crippen LogP contribution in [0.1, 0.15) is 32.8 Å². The van der Waals surface area contributed by atoms with Crippen LogP contribution < -0.4 is 19.1 Å². The van der Waals surface area contributed by atoms with E-state index in [1.807, 2.05) is 13.0 Å². The molecule has 2 aromatic rings. The van der Waals surface area contributed by atoms with Gasteiger partial charge in [0, 0.05) is 24.4 Å². The number of benzene rings is 2. The van der Waals surface area contributed by atoms with Gasteiger partial charge in [0.2, 0.25) is 5.91 Å². The molecule has 0 bridgehead atoms. The van der Waals surface area contributed by atoms with Crippen molar-refractivity contribution in [3.05, 3.63) is 42.0 Å². The highest BCUT2D eigenvalue weighted by Gasteiger charge is 2.32. The Kier molecular flexibility index (Phi) is 5.99. The first kappa shape index (κ1) is 22.0. The lowest BCUT2D eigenvalue weighted by atomic mass is 9.95. The lowest BCUT2D eigenvalue weighted by molar-refractivity contribution is -0.123. The predicted octanol–water partition coefficient (Wildman–Crippen LogP) is 3.97. The summed E-state index contributed by atoms with van der Waals surface area (Å²) in [5, 5.41) is 2.77. The van der Waals surface area contributed by atoms with E-state index in [0.717, 1.165) is 5.56 Å². The van der Waals surface area contributed by atoms with E-state index in [1.54, 1.807) is 39.0 Å². The standard InChI is InChI=1S/C22H28N2O5S/c1-15-7-9-19-18(13-15)24(11-6-12-29-19)30(26,27)20-10-8-16(28-5)14-17(20)23-21(25)22(2,3)4/h7-10,13-14H,6,11-12H2,1-5H3,(H,23,25). The third-order valence-corrected chi connectivity index (χ3v) is 6.70. The highest BCUT2D eigenvalue weighted by atomic mass is 32.2. The second-order valence-corrected chi connectivity index (χ2v) is 10.1. The van der Waals surface area contributed by atoms with Crippen LogP contribution in [0.4, 0.5) is 11.4 Å². The molecule has 0 aromatic heterocycles. The van der Waals surface area contributed by atoms with Crippen molar-refractivity contribution in [3.8, 4) is 11.5 Å². The molecule has 1 aliphatic heterocycles. The molecule has 8 heteroatoms. The van der Waals surface area contributed by atoms with Gasteiger partial charge in [-0.3, -0.25) is 9.10 Å². The number of nitrogens with one attached hydrogen (secondary N) is 1. The molecule has 0 unspecified atom stereocenters. The molecular formula is C22H28N2O5S. The molecular weight excluding hydrogens is 404 g/mol. The first-order chi connectivity index (χ1) is 14.0. The maximum Gasteiger partial charge on any atom is 0.266 e. The highest BCUT2D eigenvalue weighted by molar-refractivity contribution is 7.93. The van der Waals surface area contributed by atoms with E-state index in [-0.39, 0.29) is 23.0 Å². The average Bonchev–Trinajstić information content (AvgIpc) is 2.89. The number of fused-ring (bicyclic) bond motifs is 1. The van der Waals surface area contributed by atoms with Crippen LogP contribution in [0.25, 0.3) is 0 Å². The summed E-state index contributed by atoms with van der Waals surface area (Å²) in [6.07, 6.45) is 0.548. The van der Waals surface area contributed by atoms with Gasteiger partial charge in [-0.25, -0.2) is 8.42 Å². The molecule has 0 radical (unpaired) electrons. The molecule has 3 rings (SSSR count). The second-order valence-electron chi connectivity index (χ2n) is 8.32. The number of hydrogen-bond donors (Lipinski definition) is 1. The number of nitrogens with zero attached hydrogens (tertiary/aromatic N) is 1. The number of hydrogen-bond acceptors (Lipinski definition) is 5. The Morgan fingerprint density at radius 3 is 2.57 bits per heavy atom. The van der Waals surface area contributed by atoms with Gasteiger partial charge in [-0.05, 0) is 36.8 Å². The number of carbonyl (C=O) groups is 1. The smallest absolute Gasteiger partial charge is 0.266 e. The zero-order valence-electron chi connectivity index (χ0n) is 18.0. The van der Waals surface area contributed by atoms with Crippen LogP contribution in [0.3, 0.4) is 0 Å². The summed E-state index contributed by atoms with van der Waals surface area (Å²) in [7, 11) is -2.49. The summed E-state index contributed by atoms with van der Waals surface area (Å²) >= 11 is 0. The Morgan fingerprint density at radius 1 is 1.17 bits per heavy atom. The summed E-state index contributed by atoms with van der Waals surface area (Å²) in [6.45, 7) is 7.90. The molecule has 1 aliphatic rings. The number of amides is 1. The number of rotatable bonds is 4. The van der Waals surface area contributed by atoms with E-state index < -0.39 is 15.4 Å². The number of aryl methyl sites for hydroxylation is 1. The van der Waals surface area contributed by atoms with Crippen LogP contribution in [-0.2, 0) is 14.8 Å². The van der Waals surface area contributed by atoms with Gasteiger partial charge in [-0.2, -0.15) is 0 Å². The first-order valence-electron chi connectivity index (χ1n) is 9.80. The van der Waals surface area contributed by atoms with Crippen molar-refractivity contribution in [3.63, 3.8) is 0 Å². The van der Waals surface area contributed by atoms with E-state index in [0.29, 0.717) is 30.2 Å². The van der Waals surface area contributed by atoms with E-state index in [1.165, 1.54) is 23.5 Å². The zero-order chi connectivity index (χ0) is 22.1. The Balaban J connectivity index is 2.13. The molecule has 1 heterocycles. The van der Waals surface area contributed by atoms with Gasteiger partial charge in [-0.15, -0.1) is 0 Å². The third kappa shape index (κ3) is 4.38. The van der Waals surface area contributed by atoms with Crippen molar-refractivity contribution in [2.24, 2.45) is 5.41 Å². The lowest BCUT2D eigenvalue weighted by Gasteiger charge is -2.26. The minimum Gasteiger partial charge on any atom is -0.497 e. The SMILES string of the molecule is COc1ccc(S(=O)(=O)N2CCCOc3ccc(C)cc32)c(NC(=O)C(C)(C)C)c1. The van der Waals surface area contributed by atoms with Gasteiger partial charge in [0.15, 0.2) is 0 Å². The minimum atomic E-state index is -3.98. The molecule has 30 heavy (non-hydrogen) atoms. The average molecular weight is 433 g/mol. The van der Waals surface area contributed by atoms with Gasteiger partial charge < -0.3 is 14.8 Å². The van der Waals surface area contributed by atoms with E-state index >= 15 is 0 Å². The third-order valence-electron chi connectivity index (χ3n) is 4.83. The van der Waals surface area contributed by atoms with E-state index in [4.69, 9.17) is 9.47 Å².